The van der Waals surface area contributed by atoms with E-state index in [1.807, 2.05) is 0 Å². The van der Waals surface area contributed by atoms with Crippen molar-refractivity contribution < 1.29 is 19.7 Å². The normalized spacial score (nSPS) is 13.9. The molecule has 0 fully saturated rings. The fraction of sp³-hybridized carbons (Fsp3) is 0.357. The molecule has 0 radical (unpaired) electrons. The van der Waals surface area contributed by atoms with Gasteiger partial charge in [-0.15, -0.1) is 0 Å². The van der Waals surface area contributed by atoms with Crippen molar-refractivity contribution in [2.45, 2.75) is 19.1 Å². The molecule has 2 atom stereocenters. The SMILES string of the molecule is CCOC(=O)C(O)C(O)c1ccc2ncn(C)c(=O)c2c1. The van der Waals surface area contributed by atoms with E-state index in [9.17, 15) is 19.8 Å². The van der Waals surface area contributed by atoms with E-state index in [1.54, 1.807) is 20.0 Å². The van der Waals surface area contributed by atoms with Gasteiger partial charge in [-0.1, -0.05) is 6.07 Å². The second kappa shape index (κ2) is 6.02. The van der Waals surface area contributed by atoms with E-state index in [0.717, 1.165) is 0 Å². The van der Waals surface area contributed by atoms with E-state index in [4.69, 9.17) is 0 Å². The zero-order valence-corrected chi connectivity index (χ0v) is 11.7. The number of aryl methyl sites for hydroxylation is 1. The zero-order chi connectivity index (χ0) is 15.6. The summed E-state index contributed by atoms with van der Waals surface area (Å²) in [5.74, 6) is -0.913. The van der Waals surface area contributed by atoms with Crippen molar-refractivity contribution in [2.75, 3.05) is 6.61 Å². The number of esters is 1. The van der Waals surface area contributed by atoms with Crippen LogP contribution in [0.15, 0.2) is 29.3 Å². The first-order valence-corrected chi connectivity index (χ1v) is 6.43. The predicted molar refractivity (Wildman–Crippen MR) is 74.6 cm³/mol. The van der Waals surface area contributed by atoms with Gasteiger partial charge in [-0.25, -0.2) is 9.78 Å². The molecule has 0 spiro atoms. The Kier molecular flexibility index (Phi) is 4.35. The van der Waals surface area contributed by atoms with Gasteiger partial charge in [0, 0.05) is 7.05 Å². The Hall–Kier alpha value is -2.25. The fourth-order valence-electron chi connectivity index (χ4n) is 1.95. The quantitative estimate of drug-likeness (QED) is 0.762. The smallest absolute Gasteiger partial charge is 0.338 e. The van der Waals surface area contributed by atoms with Gasteiger partial charge >= 0.3 is 5.97 Å². The first-order chi connectivity index (χ1) is 9.95. The van der Waals surface area contributed by atoms with Crippen LogP contribution in [0.3, 0.4) is 0 Å². The number of benzene rings is 1. The number of carbonyl (C=O) groups is 1. The van der Waals surface area contributed by atoms with Gasteiger partial charge in [0.2, 0.25) is 0 Å². The number of ether oxygens (including phenoxy) is 1. The Morgan fingerprint density at radius 1 is 1.43 bits per heavy atom. The van der Waals surface area contributed by atoms with E-state index < -0.39 is 18.2 Å². The van der Waals surface area contributed by atoms with Gasteiger partial charge in [0.25, 0.3) is 5.56 Å². The fourth-order valence-corrected chi connectivity index (χ4v) is 1.95. The average Bonchev–Trinajstić information content (AvgIpc) is 2.49. The Morgan fingerprint density at radius 2 is 2.14 bits per heavy atom. The van der Waals surface area contributed by atoms with Crippen LogP contribution in [0.4, 0.5) is 0 Å². The van der Waals surface area contributed by atoms with E-state index in [1.165, 1.54) is 23.0 Å². The van der Waals surface area contributed by atoms with Gasteiger partial charge in [-0.3, -0.25) is 4.79 Å². The highest BCUT2D eigenvalue weighted by Crippen LogP contribution is 2.20. The lowest BCUT2D eigenvalue weighted by atomic mass is 10.0. The summed E-state index contributed by atoms with van der Waals surface area (Å²) in [6, 6.07) is 4.47. The molecule has 0 amide bonds. The number of aliphatic hydroxyl groups excluding tert-OH is 2. The van der Waals surface area contributed by atoms with Gasteiger partial charge in [-0.2, -0.15) is 0 Å². The van der Waals surface area contributed by atoms with Crippen molar-refractivity contribution in [3.63, 3.8) is 0 Å². The van der Waals surface area contributed by atoms with Gasteiger partial charge < -0.3 is 19.5 Å². The van der Waals surface area contributed by atoms with Crippen LogP contribution in [-0.2, 0) is 16.6 Å². The minimum Gasteiger partial charge on any atom is -0.464 e. The second-order valence-electron chi connectivity index (χ2n) is 4.58. The largest absolute Gasteiger partial charge is 0.464 e. The lowest BCUT2D eigenvalue weighted by Crippen LogP contribution is -2.30. The zero-order valence-electron chi connectivity index (χ0n) is 11.7. The van der Waals surface area contributed by atoms with Crippen molar-refractivity contribution in [1.29, 1.82) is 0 Å². The molecular weight excluding hydrogens is 276 g/mol. The van der Waals surface area contributed by atoms with Gasteiger partial charge in [0.05, 0.1) is 23.8 Å². The molecule has 0 aliphatic carbocycles. The minimum absolute atomic E-state index is 0.102. The molecule has 1 heterocycles. The van der Waals surface area contributed by atoms with Crippen LogP contribution in [0.5, 0.6) is 0 Å². The number of nitrogens with zero attached hydrogens (tertiary/aromatic N) is 2. The lowest BCUT2D eigenvalue weighted by molar-refractivity contribution is -0.159. The molecule has 21 heavy (non-hydrogen) atoms. The third-order valence-electron chi connectivity index (χ3n) is 3.11. The van der Waals surface area contributed by atoms with Gasteiger partial charge in [-0.05, 0) is 24.6 Å². The summed E-state index contributed by atoms with van der Waals surface area (Å²) in [4.78, 5) is 27.5. The van der Waals surface area contributed by atoms with E-state index >= 15 is 0 Å². The van der Waals surface area contributed by atoms with Crippen molar-refractivity contribution >= 4 is 16.9 Å². The van der Waals surface area contributed by atoms with Gasteiger partial charge in [0.1, 0.15) is 6.10 Å². The van der Waals surface area contributed by atoms with Crippen LogP contribution in [-0.4, -0.2) is 38.4 Å². The number of rotatable bonds is 4. The lowest BCUT2D eigenvalue weighted by Gasteiger charge is -2.17. The number of aliphatic hydroxyl groups is 2. The Labute approximate surface area is 120 Å². The summed E-state index contributed by atoms with van der Waals surface area (Å²) in [6.07, 6.45) is -1.78. The van der Waals surface area contributed by atoms with E-state index in [0.29, 0.717) is 10.9 Å². The molecule has 1 aromatic heterocycles. The van der Waals surface area contributed by atoms with E-state index in [2.05, 4.69) is 9.72 Å². The molecule has 0 aliphatic rings. The summed E-state index contributed by atoms with van der Waals surface area (Å²) in [6.45, 7) is 1.70. The molecule has 112 valence electrons. The van der Waals surface area contributed by atoms with Crippen molar-refractivity contribution in [3.05, 3.63) is 40.4 Å². The molecule has 2 N–H and O–H groups in total. The van der Waals surface area contributed by atoms with Gasteiger partial charge in [0.15, 0.2) is 6.10 Å². The minimum atomic E-state index is -1.71. The second-order valence-corrected chi connectivity index (χ2v) is 4.58. The highest BCUT2D eigenvalue weighted by Gasteiger charge is 2.27. The maximum atomic E-state index is 12.0. The maximum Gasteiger partial charge on any atom is 0.338 e. The number of fused-ring (bicyclic) bond motifs is 1. The highest BCUT2D eigenvalue weighted by atomic mass is 16.5. The maximum absolute atomic E-state index is 12.0. The number of carbonyl (C=O) groups excluding carboxylic acids is 1. The molecule has 1 aromatic carbocycles. The average molecular weight is 292 g/mol. The topological polar surface area (TPSA) is 102 Å². The van der Waals surface area contributed by atoms with Crippen LogP contribution in [0.1, 0.15) is 18.6 Å². The highest BCUT2D eigenvalue weighted by molar-refractivity contribution is 5.79. The number of hydrogen-bond acceptors (Lipinski definition) is 6. The molecular formula is C14H16N2O5. The first-order valence-electron chi connectivity index (χ1n) is 6.43. The Morgan fingerprint density at radius 3 is 2.81 bits per heavy atom. The molecule has 2 rings (SSSR count). The van der Waals surface area contributed by atoms with E-state index in [-0.39, 0.29) is 17.7 Å². The Bertz CT molecular complexity index is 725. The van der Waals surface area contributed by atoms with Crippen molar-refractivity contribution in [3.8, 4) is 0 Å². The molecule has 7 heteroatoms. The molecule has 7 nitrogen and oxygen atoms in total. The molecule has 2 unspecified atom stereocenters. The van der Waals surface area contributed by atoms with Crippen LogP contribution in [0.25, 0.3) is 10.9 Å². The third-order valence-corrected chi connectivity index (χ3v) is 3.11. The summed E-state index contributed by atoms with van der Waals surface area (Å²) in [5, 5.41) is 20.1. The molecule has 0 saturated carbocycles. The summed E-state index contributed by atoms with van der Waals surface area (Å²) in [5.41, 5.74) is 0.438. The monoisotopic (exact) mass is 292 g/mol. The summed E-state index contributed by atoms with van der Waals surface area (Å²) in [7, 11) is 1.56. The summed E-state index contributed by atoms with van der Waals surface area (Å²) < 4.78 is 5.96. The summed E-state index contributed by atoms with van der Waals surface area (Å²) >= 11 is 0. The predicted octanol–water partition coefficient (Wildman–Crippen LogP) is -0.109. The molecule has 0 bridgehead atoms. The van der Waals surface area contributed by atoms with Crippen LogP contribution < -0.4 is 5.56 Å². The van der Waals surface area contributed by atoms with Crippen molar-refractivity contribution in [2.24, 2.45) is 7.05 Å². The van der Waals surface area contributed by atoms with Crippen molar-refractivity contribution in [1.82, 2.24) is 9.55 Å². The number of aromatic nitrogens is 2. The standard InChI is InChI=1S/C14H16N2O5/c1-3-21-14(20)12(18)11(17)8-4-5-10-9(6-8)13(19)16(2)7-15-10/h4-7,11-12,17-18H,3H2,1-2H3. The molecule has 2 aromatic rings. The molecule has 0 saturated heterocycles. The van der Waals surface area contributed by atoms with Crippen LogP contribution in [0, 0.1) is 0 Å². The first kappa shape index (κ1) is 15.1. The number of hydrogen-bond donors (Lipinski definition) is 2. The van der Waals surface area contributed by atoms with Crippen LogP contribution >= 0.6 is 0 Å². The van der Waals surface area contributed by atoms with Crippen LogP contribution in [0.2, 0.25) is 0 Å². The molecule has 0 aliphatic heterocycles. The third kappa shape index (κ3) is 2.93. The Balaban J connectivity index is 2.40.